The van der Waals surface area contributed by atoms with E-state index in [1.807, 2.05) is 6.20 Å². The number of hydrogen-bond donors (Lipinski definition) is 1. The monoisotopic (exact) mass is 251 g/mol. The van der Waals surface area contributed by atoms with E-state index in [4.69, 9.17) is 4.74 Å². The minimum atomic E-state index is -0.825. The molecule has 1 atom stereocenters. The smallest absolute Gasteiger partial charge is 0.328 e. The molecule has 1 aromatic rings. The maximum Gasteiger partial charge on any atom is 0.328 e. The van der Waals surface area contributed by atoms with Crippen molar-refractivity contribution in [1.29, 1.82) is 0 Å². The molecule has 1 N–H and O–H groups in total. The highest BCUT2D eigenvalue weighted by atomic mass is 16.5. The van der Waals surface area contributed by atoms with Crippen LogP contribution in [0.15, 0.2) is 6.20 Å². The topological polar surface area (TPSA) is 77.2 Å². The maximum absolute atomic E-state index is 11.5. The Kier molecular flexibility index (Phi) is 3.03. The molecule has 1 aliphatic heterocycles. The summed E-state index contributed by atoms with van der Waals surface area (Å²) in [4.78, 5) is 11.5. The van der Waals surface area contributed by atoms with Gasteiger partial charge in [-0.2, -0.15) is 0 Å². The van der Waals surface area contributed by atoms with Crippen LogP contribution in [0.2, 0.25) is 0 Å². The Labute approximate surface area is 105 Å². The van der Waals surface area contributed by atoms with Gasteiger partial charge < -0.3 is 9.84 Å². The Morgan fingerprint density at radius 3 is 2.72 bits per heavy atom. The standard InChI is InChI=1S/C12H17N3O3/c16-12(17)11(9-3-5-18-6-4-9)15-7-10(13-14-15)8-1-2-8/h7-9,11H,1-6H2,(H,16,17). The van der Waals surface area contributed by atoms with E-state index in [1.165, 1.54) is 4.68 Å². The summed E-state index contributed by atoms with van der Waals surface area (Å²) in [5, 5.41) is 17.5. The average molecular weight is 251 g/mol. The van der Waals surface area contributed by atoms with Crippen LogP contribution in [0.3, 0.4) is 0 Å². The molecule has 98 valence electrons. The first kappa shape index (κ1) is 11.6. The Bertz CT molecular complexity index is 436. The Morgan fingerprint density at radius 2 is 2.11 bits per heavy atom. The quantitative estimate of drug-likeness (QED) is 0.870. The second-order valence-corrected chi connectivity index (χ2v) is 5.13. The Hall–Kier alpha value is -1.43. The molecule has 0 bridgehead atoms. The molecule has 18 heavy (non-hydrogen) atoms. The molecule has 0 aromatic carbocycles. The number of carboxylic acids is 1. The van der Waals surface area contributed by atoms with Gasteiger partial charge in [-0.05, 0) is 31.6 Å². The van der Waals surface area contributed by atoms with Crippen LogP contribution in [0.1, 0.15) is 43.3 Å². The zero-order chi connectivity index (χ0) is 12.5. The van der Waals surface area contributed by atoms with Gasteiger partial charge >= 0.3 is 5.97 Å². The summed E-state index contributed by atoms with van der Waals surface area (Å²) in [7, 11) is 0. The van der Waals surface area contributed by atoms with Gasteiger partial charge in [0, 0.05) is 25.3 Å². The van der Waals surface area contributed by atoms with Gasteiger partial charge in [-0.25, -0.2) is 9.48 Å². The molecular formula is C12H17N3O3. The number of nitrogens with zero attached hydrogens (tertiary/aromatic N) is 3. The largest absolute Gasteiger partial charge is 0.480 e. The first-order valence-corrected chi connectivity index (χ1v) is 6.48. The van der Waals surface area contributed by atoms with Gasteiger partial charge in [0.15, 0.2) is 6.04 Å². The molecule has 6 nitrogen and oxygen atoms in total. The summed E-state index contributed by atoms with van der Waals surface area (Å²) in [6, 6.07) is -0.603. The van der Waals surface area contributed by atoms with Crippen molar-refractivity contribution in [1.82, 2.24) is 15.0 Å². The van der Waals surface area contributed by atoms with Crippen LogP contribution in [0, 0.1) is 5.92 Å². The van der Waals surface area contributed by atoms with Crippen molar-refractivity contribution < 1.29 is 14.6 Å². The third-order valence-corrected chi connectivity index (χ3v) is 3.77. The number of rotatable bonds is 4. The summed E-state index contributed by atoms with van der Waals surface area (Å²) < 4.78 is 6.81. The van der Waals surface area contributed by atoms with Crippen LogP contribution in [-0.2, 0) is 9.53 Å². The fourth-order valence-corrected chi connectivity index (χ4v) is 2.55. The fraction of sp³-hybridized carbons (Fsp3) is 0.750. The van der Waals surface area contributed by atoms with E-state index >= 15 is 0 Å². The van der Waals surface area contributed by atoms with Crippen molar-refractivity contribution in [3.8, 4) is 0 Å². The van der Waals surface area contributed by atoms with Crippen LogP contribution < -0.4 is 0 Å². The van der Waals surface area contributed by atoms with Gasteiger partial charge in [0.05, 0.1) is 5.69 Å². The molecule has 3 rings (SSSR count). The number of aromatic nitrogens is 3. The molecule has 2 heterocycles. The van der Waals surface area contributed by atoms with Crippen LogP contribution in [0.5, 0.6) is 0 Å². The summed E-state index contributed by atoms with van der Waals surface area (Å²) in [6.07, 6.45) is 5.65. The van der Waals surface area contributed by atoms with Crippen molar-refractivity contribution in [2.75, 3.05) is 13.2 Å². The van der Waals surface area contributed by atoms with Crippen molar-refractivity contribution in [2.24, 2.45) is 5.92 Å². The highest BCUT2D eigenvalue weighted by Crippen LogP contribution is 2.39. The van der Waals surface area contributed by atoms with Gasteiger partial charge in [0.1, 0.15) is 0 Å². The Morgan fingerprint density at radius 1 is 1.39 bits per heavy atom. The van der Waals surface area contributed by atoms with E-state index in [9.17, 15) is 9.90 Å². The van der Waals surface area contributed by atoms with E-state index in [-0.39, 0.29) is 5.92 Å². The second kappa shape index (κ2) is 4.68. The fourth-order valence-electron chi connectivity index (χ4n) is 2.55. The molecule has 1 saturated carbocycles. The highest BCUT2D eigenvalue weighted by Gasteiger charge is 2.34. The first-order chi connectivity index (χ1) is 8.75. The van der Waals surface area contributed by atoms with E-state index in [2.05, 4.69) is 10.3 Å². The summed E-state index contributed by atoms with van der Waals surface area (Å²) in [5.74, 6) is -0.234. The number of carboxylic acid groups (broad SMARTS) is 1. The Balaban J connectivity index is 1.80. The molecular weight excluding hydrogens is 234 g/mol. The normalized spacial score (nSPS) is 22.9. The number of carbonyl (C=O) groups is 1. The molecule has 1 aromatic heterocycles. The van der Waals surface area contributed by atoms with E-state index in [0.29, 0.717) is 19.1 Å². The molecule has 0 spiro atoms. The van der Waals surface area contributed by atoms with Gasteiger partial charge in [-0.1, -0.05) is 5.21 Å². The van der Waals surface area contributed by atoms with Crippen LogP contribution in [0.25, 0.3) is 0 Å². The average Bonchev–Trinajstić information content (AvgIpc) is 3.11. The van der Waals surface area contributed by atoms with Crippen molar-refractivity contribution in [2.45, 2.75) is 37.6 Å². The number of ether oxygens (including phenoxy) is 1. The molecule has 1 saturated heterocycles. The second-order valence-electron chi connectivity index (χ2n) is 5.13. The van der Waals surface area contributed by atoms with Gasteiger partial charge in [-0.15, -0.1) is 5.10 Å². The molecule has 0 amide bonds. The minimum absolute atomic E-state index is 0.0880. The molecule has 2 aliphatic rings. The predicted octanol–water partition coefficient (Wildman–Crippen LogP) is 1.21. The minimum Gasteiger partial charge on any atom is -0.480 e. The van der Waals surface area contributed by atoms with E-state index < -0.39 is 12.0 Å². The van der Waals surface area contributed by atoms with E-state index in [1.54, 1.807) is 0 Å². The van der Waals surface area contributed by atoms with Crippen LogP contribution in [0.4, 0.5) is 0 Å². The molecule has 0 radical (unpaired) electrons. The molecule has 1 unspecified atom stereocenters. The summed E-state index contributed by atoms with van der Waals surface area (Å²) >= 11 is 0. The van der Waals surface area contributed by atoms with Gasteiger partial charge in [0.2, 0.25) is 0 Å². The molecule has 1 aliphatic carbocycles. The summed E-state index contributed by atoms with van der Waals surface area (Å²) in [5.41, 5.74) is 0.938. The lowest BCUT2D eigenvalue weighted by molar-refractivity contribution is -0.144. The first-order valence-electron chi connectivity index (χ1n) is 6.48. The van der Waals surface area contributed by atoms with E-state index in [0.717, 1.165) is 31.4 Å². The lowest BCUT2D eigenvalue weighted by atomic mass is 9.92. The zero-order valence-corrected chi connectivity index (χ0v) is 10.2. The third-order valence-electron chi connectivity index (χ3n) is 3.77. The lowest BCUT2D eigenvalue weighted by Crippen LogP contribution is -2.31. The van der Waals surface area contributed by atoms with Crippen molar-refractivity contribution >= 4 is 5.97 Å². The highest BCUT2D eigenvalue weighted by molar-refractivity contribution is 5.72. The SMILES string of the molecule is O=C(O)C(C1CCOCC1)n1cc(C2CC2)nn1. The van der Waals surface area contributed by atoms with Crippen LogP contribution >= 0.6 is 0 Å². The number of aliphatic carboxylic acids is 1. The van der Waals surface area contributed by atoms with Gasteiger partial charge in [0.25, 0.3) is 0 Å². The number of hydrogen-bond acceptors (Lipinski definition) is 4. The van der Waals surface area contributed by atoms with Crippen molar-refractivity contribution in [3.63, 3.8) is 0 Å². The van der Waals surface area contributed by atoms with Gasteiger partial charge in [-0.3, -0.25) is 0 Å². The maximum atomic E-state index is 11.5. The summed E-state index contributed by atoms with van der Waals surface area (Å²) in [6.45, 7) is 1.28. The zero-order valence-electron chi connectivity index (χ0n) is 10.2. The third kappa shape index (κ3) is 2.25. The molecule has 6 heteroatoms. The molecule has 2 fully saturated rings. The van der Waals surface area contributed by atoms with Crippen LogP contribution in [-0.4, -0.2) is 39.3 Å². The lowest BCUT2D eigenvalue weighted by Gasteiger charge is -2.27. The van der Waals surface area contributed by atoms with Crippen molar-refractivity contribution in [3.05, 3.63) is 11.9 Å². The predicted molar refractivity (Wildman–Crippen MR) is 62.2 cm³/mol.